The molecule has 0 N–H and O–H groups in total. The minimum absolute atomic E-state index is 0.0645. The fourth-order valence-electron chi connectivity index (χ4n) is 2.12. The maximum absolute atomic E-state index is 13.3. The van der Waals surface area contributed by atoms with Gasteiger partial charge in [0, 0.05) is 11.8 Å². The highest BCUT2D eigenvalue weighted by Crippen LogP contribution is 2.32. The molecule has 0 bridgehead atoms. The Bertz CT molecular complexity index is 827. The van der Waals surface area contributed by atoms with Gasteiger partial charge in [0.2, 0.25) is 5.82 Å². The molecule has 0 unspecified atom stereocenters. The summed E-state index contributed by atoms with van der Waals surface area (Å²) in [5, 5.41) is 2.96. The highest BCUT2D eigenvalue weighted by atomic mass is 19.2. The number of hydrogen-bond acceptors (Lipinski definition) is 3. The predicted molar refractivity (Wildman–Crippen MR) is 70.7 cm³/mol. The van der Waals surface area contributed by atoms with Crippen LogP contribution in [0.1, 0.15) is 5.56 Å². The first kappa shape index (κ1) is 12.4. The van der Waals surface area contributed by atoms with Gasteiger partial charge >= 0.3 is 0 Å². The van der Waals surface area contributed by atoms with E-state index >= 15 is 0 Å². The van der Waals surface area contributed by atoms with Crippen molar-refractivity contribution < 1.29 is 8.78 Å². The zero-order valence-electron chi connectivity index (χ0n) is 10.5. The first-order valence-corrected chi connectivity index (χ1v) is 5.88. The Labute approximate surface area is 112 Å². The summed E-state index contributed by atoms with van der Waals surface area (Å²) in [6.07, 6.45) is 1.65. The van der Waals surface area contributed by atoms with Gasteiger partial charge in [-0.3, -0.25) is 4.40 Å². The molecule has 6 heteroatoms. The molecule has 0 radical (unpaired) electrons. The summed E-state index contributed by atoms with van der Waals surface area (Å²) in [4.78, 5) is 15.4. The van der Waals surface area contributed by atoms with Crippen LogP contribution < -0.4 is 0 Å². The van der Waals surface area contributed by atoms with E-state index in [1.807, 2.05) is 13.0 Å². The maximum Gasteiger partial charge on any atom is 0.209 e. The van der Waals surface area contributed by atoms with E-state index in [1.54, 1.807) is 12.3 Å². The Morgan fingerprint density at radius 3 is 2.70 bits per heavy atom. The van der Waals surface area contributed by atoms with E-state index in [0.29, 0.717) is 11.2 Å². The van der Waals surface area contributed by atoms with Crippen molar-refractivity contribution in [2.75, 3.05) is 0 Å². The summed E-state index contributed by atoms with van der Waals surface area (Å²) in [7, 11) is 0. The molecule has 1 aromatic carbocycles. The third-order valence-corrected chi connectivity index (χ3v) is 3.10. The van der Waals surface area contributed by atoms with Crippen LogP contribution in [0.4, 0.5) is 14.6 Å². The molecule has 20 heavy (non-hydrogen) atoms. The molecule has 0 aliphatic rings. The van der Waals surface area contributed by atoms with Gasteiger partial charge in [-0.1, -0.05) is 6.07 Å². The fraction of sp³-hybridized carbons (Fsp3) is 0.0714. The third-order valence-electron chi connectivity index (χ3n) is 3.10. The number of aromatic nitrogens is 2. The van der Waals surface area contributed by atoms with Crippen LogP contribution >= 0.6 is 0 Å². The van der Waals surface area contributed by atoms with E-state index < -0.39 is 11.6 Å². The first-order valence-electron chi connectivity index (χ1n) is 5.88. The highest BCUT2D eigenvalue weighted by Gasteiger charge is 2.17. The van der Waals surface area contributed by atoms with Crippen molar-refractivity contribution in [3.8, 4) is 11.3 Å². The predicted octanol–water partition coefficient (Wildman–Crippen LogP) is 3.99. The summed E-state index contributed by atoms with van der Waals surface area (Å²) in [5.41, 5.74) is 1.95. The van der Waals surface area contributed by atoms with E-state index in [1.165, 1.54) is 10.5 Å². The van der Waals surface area contributed by atoms with E-state index in [0.717, 1.165) is 17.7 Å². The lowest BCUT2D eigenvalue weighted by Gasteiger charge is -1.99. The molecular formula is C14H9F2N3O. The maximum atomic E-state index is 13.3. The fourth-order valence-corrected chi connectivity index (χ4v) is 2.12. The number of halogens is 2. The number of pyridine rings is 1. The summed E-state index contributed by atoms with van der Waals surface area (Å²) in [5.74, 6) is -1.88. The van der Waals surface area contributed by atoms with E-state index in [4.69, 9.17) is 0 Å². The molecule has 0 amide bonds. The Kier molecular flexibility index (Phi) is 2.78. The topological polar surface area (TPSA) is 46.7 Å². The van der Waals surface area contributed by atoms with Gasteiger partial charge in [0.25, 0.3) is 0 Å². The first-order chi connectivity index (χ1) is 9.61. The quantitative estimate of drug-likeness (QED) is 0.663. The Morgan fingerprint density at radius 2 is 2.00 bits per heavy atom. The molecule has 4 nitrogen and oxygen atoms in total. The average molecular weight is 273 g/mol. The standard InChI is InChI=1S/C14H9F2N3O/c1-8-3-2-6-19-13(8)17-12(14(19)18-20)9-4-5-10(15)11(16)7-9/h2-7H,1H3. The lowest BCUT2D eigenvalue weighted by molar-refractivity contribution is 0.509. The molecule has 0 spiro atoms. The number of nitroso groups, excluding NO2 is 1. The molecule has 3 aromatic rings. The smallest absolute Gasteiger partial charge is 0.209 e. The van der Waals surface area contributed by atoms with Gasteiger partial charge in [-0.2, -0.15) is 0 Å². The van der Waals surface area contributed by atoms with Crippen molar-refractivity contribution in [2.24, 2.45) is 5.18 Å². The third kappa shape index (κ3) is 1.77. The molecule has 0 atom stereocenters. The minimum Gasteiger partial charge on any atom is -0.281 e. The molecule has 0 aliphatic heterocycles. The van der Waals surface area contributed by atoms with E-state index in [9.17, 15) is 13.7 Å². The van der Waals surface area contributed by atoms with Gasteiger partial charge in [0.1, 0.15) is 11.3 Å². The van der Waals surface area contributed by atoms with Crippen LogP contribution in [0.3, 0.4) is 0 Å². The lowest BCUT2D eigenvalue weighted by Crippen LogP contribution is -1.86. The summed E-state index contributed by atoms with van der Waals surface area (Å²) in [6, 6.07) is 6.96. The number of nitrogens with zero attached hydrogens (tertiary/aromatic N) is 3. The molecule has 0 saturated carbocycles. The molecule has 0 fully saturated rings. The van der Waals surface area contributed by atoms with Gasteiger partial charge in [-0.05, 0) is 41.9 Å². The van der Waals surface area contributed by atoms with Crippen molar-refractivity contribution >= 4 is 11.5 Å². The van der Waals surface area contributed by atoms with Crippen LogP contribution in [0.2, 0.25) is 0 Å². The zero-order chi connectivity index (χ0) is 14.3. The molecule has 2 aromatic heterocycles. The Hall–Kier alpha value is -2.63. The van der Waals surface area contributed by atoms with E-state index in [2.05, 4.69) is 10.2 Å². The molecule has 2 heterocycles. The Morgan fingerprint density at radius 1 is 1.20 bits per heavy atom. The number of benzene rings is 1. The average Bonchev–Trinajstić information content (AvgIpc) is 2.82. The summed E-state index contributed by atoms with van der Waals surface area (Å²) < 4.78 is 27.8. The molecule has 100 valence electrons. The highest BCUT2D eigenvalue weighted by molar-refractivity contribution is 5.75. The molecule has 3 rings (SSSR count). The van der Waals surface area contributed by atoms with Crippen LogP contribution in [0.25, 0.3) is 16.9 Å². The second-order valence-corrected chi connectivity index (χ2v) is 4.39. The van der Waals surface area contributed by atoms with Crippen LogP contribution in [0.15, 0.2) is 41.7 Å². The monoisotopic (exact) mass is 273 g/mol. The largest absolute Gasteiger partial charge is 0.281 e. The van der Waals surface area contributed by atoms with Crippen molar-refractivity contribution in [2.45, 2.75) is 6.92 Å². The lowest BCUT2D eigenvalue weighted by atomic mass is 10.1. The number of aryl methyl sites for hydroxylation is 1. The van der Waals surface area contributed by atoms with E-state index in [-0.39, 0.29) is 11.5 Å². The summed E-state index contributed by atoms with van der Waals surface area (Å²) in [6.45, 7) is 1.84. The number of hydrogen-bond donors (Lipinski definition) is 0. The van der Waals surface area contributed by atoms with Crippen molar-refractivity contribution in [1.29, 1.82) is 0 Å². The second kappa shape index (κ2) is 4.48. The SMILES string of the molecule is Cc1cccn2c(N=O)c(-c3ccc(F)c(F)c3)nc12. The normalized spacial score (nSPS) is 10.9. The molecule has 0 saturated heterocycles. The molecular weight excluding hydrogens is 264 g/mol. The van der Waals surface area contributed by atoms with Crippen LogP contribution in [-0.4, -0.2) is 9.38 Å². The zero-order valence-corrected chi connectivity index (χ0v) is 10.5. The van der Waals surface area contributed by atoms with Crippen molar-refractivity contribution in [3.05, 3.63) is 58.6 Å². The number of rotatable bonds is 2. The van der Waals surface area contributed by atoms with Crippen LogP contribution in [0, 0.1) is 23.5 Å². The second-order valence-electron chi connectivity index (χ2n) is 4.39. The van der Waals surface area contributed by atoms with Crippen molar-refractivity contribution in [3.63, 3.8) is 0 Å². The van der Waals surface area contributed by atoms with Gasteiger partial charge in [-0.15, -0.1) is 4.91 Å². The van der Waals surface area contributed by atoms with Gasteiger partial charge in [0.15, 0.2) is 11.6 Å². The van der Waals surface area contributed by atoms with Crippen LogP contribution in [-0.2, 0) is 0 Å². The van der Waals surface area contributed by atoms with Gasteiger partial charge < -0.3 is 0 Å². The summed E-state index contributed by atoms with van der Waals surface area (Å²) >= 11 is 0. The van der Waals surface area contributed by atoms with Crippen molar-refractivity contribution in [1.82, 2.24) is 9.38 Å². The molecule has 0 aliphatic carbocycles. The van der Waals surface area contributed by atoms with Gasteiger partial charge in [-0.25, -0.2) is 13.8 Å². The van der Waals surface area contributed by atoms with Gasteiger partial charge in [0.05, 0.1) is 0 Å². The Balaban J connectivity index is 2.33. The van der Waals surface area contributed by atoms with Crippen LogP contribution in [0.5, 0.6) is 0 Å². The minimum atomic E-state index is -0.992. The number of imidazole rings is 1. The number of fused-ring (bicyclic) bond motifs is 1.